The van der Waals surface area contributed by atoms with Crippen molar-refractivity contribution in [2.24, 2.45) is 5.73 Å². The average molecular weight is 165 g/mol. The molecule has 1 aromatic rings. The SMILES string of the molecule is Cc1ccc(O)c(CC(N)=O)c1. The van der Waals surface area contributed by atoms with E-state index in [1.165, 1.54) is 0 Å². The van der Waals surface area contributed by atoms with Crippen LogP contribution >= 0.6 is 0 Å². The van der Waals surface area contributed by atoms with E-state index in [1.54, 1.807) is 18.2 Å². The molecule has 1 aromatic carbocycles. The van der Waals surface area contributed by atoms with Crippen molar-refractivity contribution in [1.29, 1.82) is 0 Å². The summed E-state index contributed by atoms with van der Waals surface area (Å²) in [6.07, 6.45) is 0.0908. The summed E-state index contributed by atoms with van der Waals surface area (Å²) in [6.45, 7) is 1.89. The van der Waals surface area contributed by atoms with Gasteiger partial charge in [-0.15, -0.1) is 0 Å². The van der Waals surface area contributed by atoms with E-state index in [-0.39, 0.29) is 12.2 Å². The first kappa shape index (κ1) is 8.59. The van der Waals surface area contributed by atoms with Crippen molar-refractivity contribution in [3.05, 3.63) is 29.3 Å². The normalized spacial score (nSPS) is 9.75. The molecule has 0 atom stereocenters. The summed E-state index contributed by atoms with van der Waals surface area (Å²) in [4.78, 5) is 10.5. The van der Waals surface area contributed by atoms with Crippen LogP contribution in [0.4, 0.5) is 0 Å². The number of phenols is 1. The van der Waals surface area contributed by atoms with Crippen LogP contribution in [0.2, 0.25) is 0 Å². The molecule has 1 amide bonds. The lowest BCUT2D eigenvalue weighted by Crippen LogP contribution is -2.13. The number of carbonyl (C=O) groups excluding carboxylic acids is 1. The zero-order chi connectivity index (χ0) is 9.14. The highest BCUT2D eigenvalue weighted by atomic mass is 16.3. The van der Waals surface area contributed by atoms with E-state index in [2.05, 4.69) is 0 Å². The highest BCUT2D eigenvalue weighted by molar-refractivity contribution is 5.77. The van der Waals surface area contributed by atoms with Crippen molar-refractivity contribution >= 4 is 5.91 Å². The zero-order valence-electron chi connectivity index (χ0n) is 6.87. The molecule has 0 spiro atoms. The molecule has 12 heavy (non-hydrogen) atoms. The molecule has 0 heterocycles. The molecule has 0 aromatic heterocycles. The van der Waals surface area contributed by atoms with Gasteiger partial charge in [0.05, 0.1) is 6.42 Å². The monoisotopic (exact) mass is 165 g/mol. The van der Waals surface area contributed by atoms with Gasteiger partial charge in [0.1, 0.15) is 5.75 Å². The van der Waals surface area contributed by atoms with Gasteiger partial charge in [0.25, 0.3) is 0 Å². The molecule has 0 aliphatic carbocycles. The number of nitrogens with two attached hydrogens (primary N) is 1. The highest BCUT2D eigenvalue weighted by Gasteiger charge is 2.03. The summed E-state index contributed by atoms with van der Waals surface area (Å²) in [7, 11) is 0. The largest absolute Gasteiger partial charge is 0.508 e. The second-order valence-electron chi connectivity index (χ2n) is 2.78. The van der Waals surface area contributed by atoms with Crippen molar-refractivity contribution in [1.82, 2.24) is 0 Å². The van der Waals surface area contributed by atoms with E-state index in [1.807, 2.05) is 6.92 Å². The number of benzene rings is 1. The fraction of sp³-hybridized carbons (Fsp3) is 0.222. The summed E-state index contributed by atoms with van der Waals surface area (Å²) in [5.41, 5.74) is 6.58. The predicted molar refractivity (Wildman–Crippen MR) is 45.7 cm³/mol. The molecular formula is C9H11NO2. The minimum absolute atomic E-state index is 0.0908. The molecule has 0 aliphatic rings. The molecule has 0 fully saturated rings. The van der Waals surface area contributed by atoms with Crippen molar-refractivity contribution in [2.75, 3.05) is 0 Å². The summed E-state index contributed by atoms with van der Waals surface area (Å²) in [6, 6.07) is 5.09. The van der Waals surface area contributed by atoms with Crippen LogP contribution in [-0.4, -0.2) is 11.0 Å². The molecule has 0 bridgehead atoms. The van der Waals surface area contributed by atoms with Gasteiger partial charge in [-0.2, -0.15) is 0 Å². The van der Waals surface area contributed by atoms with Crippen molar-refractivity contribution in [2.45, 2.75) is 13.3 Å². The van der Waals surface area contributed by atoms with Crippen molar-refractivity contribution < 1.29 is 9.90 Å². The molecule has 0 unspecified atom stereocenters. The van der Waals surface area contributed by atoms with E-state index in [9.17, 15) is 9.90 Å². The number of rotatable bonds is 2. The van der Waals surface area contributed by atoms with E-state index in [0.29, 0.717) is 5.56 Å². The Kier molecular flexibility index (Phi) is 2.33. The molecule has 0 aliphatic heterocycles. The number of amides is 1. The van der Waals surface area contributed by atoms with E-state index >= 15 is 0 Å². The van der Waals surface area contributed by atoms with Crippen LogP contribution in [0.3, 0.4) is 0 Å². The maximum Gasteiger partial charge on any atom is 0.221 e. The number of primary amides is 1. The number of carbonyl (C=O) groups is 1. The predicted octanol–water partition coefficient (Wildman–Crippen LogP) is 0.728. The quantitative estimate of drug-likeness (QED) is 0.678. The van der Waals surface area contributed by atoms with Gasteiger partial charge >= 0.3 is 0 Å². The summed E-state index contributed by atoms with van der Waals surface area (Å²) >= 11 is 0. The van der Waals surface area contributed by atoms with Gasteiger partial charge in [-0.05, 0) is 13.0 Å². The summed E-state index contributed by atoms with van der Waals surface area (Å²) < 4.78 is 0. The standard InChI is InChI=1S/C9H11NO2/c1-6-2-3-8(11)7(4-6)5-9(10)12/h2-4,11H,5H2,1H3,(H2,10,12). The zero-order valence-corrected chi connectivity index (χ0v) is 6.87. The summed E-state index contributed by atoms with van der Waals surface area (Å²) in [5.74, 6) is -0.310. The average Bonchev–Trinajstić information content (AvgIpc) is 1.96. The number of aromatic hydroxyl groups is 1. The minimum atomic E-state index is -0.434. The number of hydrogen-bond donors (Lipinski definition) is 2. The lowest BCUT2D eigenvalue weighted by molar-refractivity contribution is -0.117. The second-order valence-corrected chi connectivity index (χ2v) is 2.78. The van der Waals surface area contributed by atoms with E-state index < -0.39 is 5.91 Å². The van der Waals surface area contributed by atoms with Crippen LogP contribution in [0.25, 0.3) is 0 Å². The van der Waals surface area contributed by atoms with Crippen LogP contribution in [0, 0.1) is 6.92 Å². The van der Waals surface area contributed by atoms with Gasteiger partial charge in [-0.25, -0.2) is 0 Å². The Bertz CT molecular complexity index is 307. The highest BCUT2D eigenvalue weighted by Crippen LogP contribution is 2.18. The van der Waals surface area contributed by atoms with Crippen molar-refractivity contribution in [3.8, 4) is 5.75 Å². The third-order valence-electron chi connectivity index (χ3n) is 1.60. The molecule has 0 saturated heterocycles. The summed E-state index contributed by atoms with van der Waals surface area (Å²) in [5, 5.41) is 9.28. The lowest BCUT2D eigenvalue weighted by Gasteiger charge is -2.02. The minimum Gasteiger partial charge on any atom is -0.508 e. The number of aryl methyl sites for hydroxylation is 1. The Morgan fingerprint density at radius 3 is 2.83 bits per heavy atom. The third kappa shape index (κ3) is 1.99. The maximum atomic E-state index is 10.5. The van der Waals surface area contributed by atoms with Crippen molar-refractivity contribution in [3.63, 3.8) is 0 Å². The molecule has 3 nitrogen and oxygen atoms in total. The van der Waals surface area contributed by atoms with Gasteiger partial charge < -0.3 is 10.8 Å². The van der Waals surface area contributed by atoms with E-state index in [4.69, 9.17) is 5.73 Å². The first-order valence-electron chi connectivity index (χ1n) is 3.66. The Labute approximate surface area is 70.8 Å². The molecule has 3 heteroatoms. The second kappa shape index (κ2) is 3.26. The Hall–Kier alpha value is -1.51. The maximum absolute atomic E-state index is 10.5. The molecule has 0 saturated carbocycles. The fourth-order valence-corrected chi connectivity index (χ4v) is 1.04. The van der Waals surface area contributed by atoms with Crippen LogP contribution in [0.5, 0.6) is 5.75 Å². The Balaban J connectivity index is 2.97. The fourth-order valence-electron chi connectivity index (χ4n) is 1.04. The van der Waals surface area contributed by atoms with E-state index in [0.717, 1.165) is 5.56 Å². The molecule has 3 N–H and O–H groups in total. The third-order valence-corrected chi connectivity index (χ3v) is 1.60. The smallest absolute Gasteiger partial charge is 0.221 e. The van der Waals surface area contributed by atoms with Crippen LogP contribution < -0.4 is 5.73 Å². The van der Waals surface area contributed by atoms with Crippen LogP contribution in [-0.2, 0) is 11.2 Å². The molecular weight excluding hydrogens is 154 g/mol. The molecule has 64 valence electrons. The first-order valence-corrected chi connectivity index (χ1v) is 3.66. The topological polar surface area (TPSA) is 63.3 Å². The van der Waals surface area contributed by atoms with Crippen LogP contribution in [0.1, 0.15) is 11.1 Å². The van der Waals surface area contributed by atoms with Gasteiger partial charge in [0.15, 0.2) is 0 Å². The van der Waals surface area contributed by atoms with Gasteiger partial charge in [0.2, 0.25) is 5.91 Å². The number of hydrogen-bond acceptors (Lipinski definition) is 2. The molecule has 1 rings (SSSR count). The van der Waals surface area contributed by atoms with Crippen LogP contribution in [0.15, 0.2) is 18.2 Å². The molecule has 0 radical (unpaired) electrons. The lowest BCUT2D eigenvalue weighted by atomic mass is 10.1. The number of phenolic OH excluding ortho intramolecular Hbond substituents is 1. The van der Waals surface area contributed by atoms with Gasteiger partial charge in [-0.1, -0.05) is 17.7 Å². The Morgan fingerprint density at radius 2 is 2.25 bits per heavy atom. The Morgan fingerprint density at radius 1 is 1.58 bits per heavy atom. The van der Waals surface area contributed by atoms with Gasteiger partial charge in [0, 0.05) is 5.56 Å². The first-order chi connectivity index (χ1) is 5.59. The van der Waals surface area contributed by atoms with Gasteiger partial charge in [-0.3, -0.25) is 4.79 Å².